The lowest BCUT2D eigenvalue weighted by Gasteiger charge is -2.38. The van der Waals surface area contributed by atoms with Crippen LogP contribution in [0, 0.1) is 19.3 Å². The van der Waals surface area contributed by atoms with Crippen molar-refractivity contribution in [1.82, 2.24) is 14.4 Å². The zero-order valence-corrected chi connectivity index (χ0v) is 17.8. The maximum atomic E-state index is 11.5. The molecule has 1 N–H and O–H groups in total. The van der Waals surface area contributed by atoms with Gasteiger partial charge in [-0.2, -0.15) is 0 Å². The van der Waals surface area contributed by atoms with Crippen LogP contribution < -0.4 is 0 Å². The van der Waals surface area contributed by atoms with Crippen molar-refractivity contribution in [1.29, 1.82) is 0 Å². The van der Waals surface area contributed by atoms with E-state index in [1.807, 2.05) is 0 Å². The Kier molecular flexibility index (Phi) is 4.99. The van der Waals surface area contributed by atoms with Gasteiger partial charge in [0.25, 0.3) is 0 Å². The number of hydrogen-bond donors (Lipinski definition) is 1. The van der Waals surface area contributed by atoms with Gasteiger partial charge in [0.15, 0.2) is 5.84 Å². The first-order chi connectivity index (χ1) is 13.7. The standard InChI is InChI=1S/C23H30N4O2/c1-16-5-6-19-18(11-16)14-27-13-17(2)12-20(27)21(24-19)26-9-7-25(8-10-26)15-23(3,4)22(28)29/h5-6,11-13H,7-10,14-15H2,1-4H3,(H,28,29). The van der Waals surface area contributed by atoms with Crippen LogP contribution in [0.5, 0.6) is 0 Å². The number of aryl methyl sites for hydroxylation is 2. The molecule has 29 heavy (non-hydrogen) atoms. The molecule has 1 aromatic heterocycles. The lowest BCUT2D eigenvalue weighted by Crippen LogP contribution is -2.52. The van der Waals surface area contributed by atoms with E-state index in [1.165, 1.54) is 16.7 Å². The maximum Gasteiger partial charge on any atom is 0.310 e. The predicted octanol–water partition coefficient (Wildman–Crippen LogP) is 3.27. The molecule has 0 bridgehead atoms. The van der Waals surface area contributed by atoms with Gasteiger partial charge in [-0.15, -0.1) is 0 Å². The Hall–Kier alpha value is -2.60. The monoisotopic (exact) mass is 394 g/mol. The topological polar surface area (TPSA) is 61.1 Å². The van der Waals surface area contributed by atoms with E-state index < -0.39 is 11.4 Å². The van der Waals surface area contributed by atoms with E-state index in [-0.39, 0.29) is 0 Å². The summed E-state index contributed by atoms with van der Waals surface area (Å²) in [5.41, 5.74) is 5.22. The third-order valence-electron chi connectivity index (χ3n) is 5.93. The fourth-order valence-corrected chi connectivity index (χ4v) is 4.26. The van der Waals surface area contributed by atoms with Gasteiger partial charge >= 0.3 is 5.97 Å². The molecule has 2 aromatic rings. The number of nitrogens with zero attached hydrogens (tertiary/aromatic N) is 4. The number of rotatable bonds is 3. The minimum atomic E-state index is -0.742. The Morgan fingerprint density at radius 1 is 1.10 bits per heavy atom. The second-order valence-corrected chi connectivity index (χ2v) is 9.05. The second-order valence-electron chi connectivity index (χ2n) is 9.05. The van der Waals surface area contributed by atoms with Crippen molar-refractivity contribution in [3.63, 3.8) is 0 Å². The third kappa shape index (κ3) is 3.94. The van der Waals surface area contributed by atoms with Crippen LogP contribution in [-0.4, -0.2) is 64.0 Å². The van der Waals surface area contributed by atoms with Crippen molar-refractivity contribution < 1.29 is 9.90 Å². The molecule has 0 spiro atoms. The number of carbonyl (C=O) groups is 1. The Balaban J connectivity index is 1.59. The zero-order chi connectivity index (χ0) is 20.8. The van der Waals surface area contributed by atoms with E-state index in [9.17, 15) is 9.90 Å². The number of carboxylic acids is 1. The molecule has 6 heteroatoms. The quantitative estimate of drug-likeness (QED) is 0.868. The lowest BCUT2D eigenvalue weighted by molar-refractivity contribution is -0.148. The second kappa shape index (κ2) is 7.34. The molecule has 0 saturated carbocycles. The van der Waals surface area contributed by atoms with E-state index >= 15 is 0 Å². The molecule has 1 fully saturated rings. The van der Waals surface area contributed by atoms with Gasteiger partial charge in [-0.3, -0.25) is 9.69 Å². The van der Waals surface area contributed by atoms with E-state index in [2.05, 4.69) is 58.7 Å². The molecule has 0 amide bonds. The Labute approximate surface area is 172 Å². The molecule has 4 rings (SSSR count). The summed E-state index contributed by atoms with van der Waals surface area (Å²) in [6, 6.07) is 8.69. The number of piperazine rings is 1. The first kappa shape index (κ1) is 19.7. The number of amidine groups is 1. The van der Waals surface area contributed by atoms with E-state index in [0.29, 0.717) is 6.54 Å². The van der Waals surface area contributed by atoms with Crippen LogP contribution in [0.15, 0.2) is 35.5 Å². The van der Waals surface area contributed by atoms with Gasteiger partial charge in [0, 0.05) is 45.5 Å². The molecule has 0 radical (unpaired) electrons. The number of carboxylic acid groups (broad SMARTS) is 1. The average Bonchev–Trinajstić information content (AvgIpc) is 2.94. The highest BCUT2D eigenvalue weighted by molar-refractivity contribution is 6.00. The summed E-state index contributed by atoms with van der Waals surface area (Å²) in [4.78, 5) is 21.2. The zero-order valence-electron chi connectivity index (χ0n) is 17.8. The fraction of sp³-hybridized carbons (Fsp3) is 0.478. The first-order valence-corrected chi connectivity index (χ1v) is 10.3. The smallest absolute Gasteiger partial charge is 0.310 e. The van der Waals surface area contributed by atoms with Crippen molar-refractivity contribution in [2.24, 2.45) is 10.4 Å². The summed E-state index contributed by atoms with van der Waals surface area (Å²) in [6.45, 7) is 12.6. The maximum absolute atomic E-state index is 11.5. The van der Waals surface area contributed by atoms with Crippen molar-refractivity contribution >= 4 is 17.5 Å². The molecular formula is C23H30N4O2. The van der Waals surface area contributed by atoms with Crippen molar-refractivity contribution in [2.75, 3.05) is 32.7 Å². The van der Waals surface area contributed by atoms with Crippen LogP contribution in [-0.2, 0) is 11.3 Å². The number of benzene rings is 1. The van der Waals surface area contributed by atoms with Crippen LogP contribution in [0.2, 0.25) is 0 Å². The summed E-state index contributed by atoms with van der Waals surface area (Å²) in [5, 5.41) is 9.42. The fourth-order valence-electron chi connectivity index (χ4n) is 4.26. The van der Waals surface area contributed by atoms with Gasteiger partial charge < -0.3 is 14.6 Å². The Bertz CT molecular complexity index is 965. The molecule has 6 nitrogen and oxygen atoms in total. The van der Waals surface area contributed by atoms with Crippen LogP contribution in [0.3, 0.4) is 0 Å². The third-order valence-corrected chi connectivity index (χ3v) is 5.93. The van der Waals surface area contributed by atoms with Gasteiger partial charge in [0.05, 0.1) is 16.8 Å². The molecule has 2 aliphatic rings. The van der Waals surface area contributed by atoms with Crippen LogP contribution >= 0.6 is 0 Å². The summed E-state index contributed by atoms with van der Waals surface area (Å²) < 4.78 is 2.30. The highest BCUT2D eigenvalue weighted by Gasteiger charge is 2.32. The number of aromatic nitrogens is 1. The number of aliphatic imine (C=N–C) groups is 1. The van der Waals surface area contributed by atoms with Gasteiger partial charge in [-0.25, -0.2) is 4.99 Å². The molecule has 1 aromatic carbocycles. The number of hydrogen-bond acceptors (Lipinski definition) is 4. The molecule has 2 aliphatic heterocycles. The summed E-state index contributed by atoms with van der Waals surface area (Å²) >= 11 is 0. The Morgan fingerprint density at radius 3 is 2.52 bits per heavy atom. The number of fused-ring (bicyclic) bond motifs is 2. The highest BCUT2D eigenvalue weighted by Crippen LogP contribution is 2.29. The average molecular weight is 395 g/mol. The van der Waals surface area contributed by atoms with E-state index in [0.717, 1.165) is 49.9 Å². The first-order valence-electron chi connectivity index (χ1n) is 10.3. The molecule has 0 unspecified atom stereocenters. The molecule has 3 heterocycles. The SMILES string of the molecule is Cc1ccc2c(c1)Cn1cc(C)cc1C(N1CCN(CC(C)(C)C(=O)O)CC1)=N2. The normalized spacial score (nSPS) is 17.4. The van der Waals surface area contributed by atoms with E-state index in [1.54, 1.807) is 13.8 Å². The van der Waals surface area contributed by atoms with Gasteiger partial charge in [-0.05, 0) is 51.0 Å². The minimum absolute atomic E-state index is 0.570. The number of aliphatic carboxylic acids is 1. The van der Waals surface area contributed by atoms with Crippen molar-refractivity contribution in [3.05, 3.63) is 52.8 Å². The summed E-state index contributed by atoms with van der Waals surface area (Å²) in [6.07, 6.45) is 2.20. The van der Waals surface area contributed by atoms with Crippen LogP contribution in [0.1, 0.15) is 36.2 Å². The minimum Gasteiger partial charge on any atom is -0.481 e. The summed E-state index contributed by atoms with van der Waals surface area (Å²) in [5.74, 6) is 0.283. The van der Waals surface area contributed by atoms with Crippen LogP contribution in [0.4, 0.5) is 5.69 Å². The predicted molar refractivity (Wildman–Crippen MR) is 115 cm³/mol. The van der Waals surface area contributed by atoms with Crippen LogP contribution in [0.25, 0.3) is 0 Å². The summed E-state index contributed by atoms with van der Waals surface area (Å²) in [7, 11) is 0. The lowest BCUT2D eigenvalue weighted by atomic mass is 9.93. The van der Waals surface area contributed by atoms with Gasteiger partial charge in [0.1, 0.15) is 0 Å². The van der Waals surface area contributed by atoms with Crippen molar-refractivity contribution in [3.8, 4) is 0 Å². The molecule has 0 aliphatic carbocycles. The Morgan fingerprint density at radius 2 is 1.83 bits per heavy atom. The van der Waals surface area contributed by atoms with Crippen molar-refractivity contribution in [2.45, 2.75) is 34.2 Å². The van der Waals surface area contributed by atoms with Gasteiger partial charge in [-0.1, -0.05) is 17.7 Å². The molecule has 154 valence electrons. The molecule has 0 atom stereocenters. The molecule has 1 saturated heterocycles. The largest absolute Gasteiger partial charge is 0.481 e. The highest BCUT2D eigenvalue weighted by atomic mass is 16.4. The van der Waals surface area contributed by atoms with Gasteiger partial charge in [0.2, 0.25) is 0 Å². The van der Waals surface area contributed by atoms with E-state index in [4.69, 9.17) is 4.99 Å². The molecular weight excluding hydrogens is 364 g/mol.